The number of hydrogen-bond acceptors (Lipinski definition) is 6. The average Bonchev–Trinajstić information content (AvgIpc) is 2.68. The molecule has 0 aliphatic rings. The van der Waals surface area contributed by atoms with E-state index in [0.29, 0.717) is 29.8 Å². The van der Waals surface area contributed by atoms with E-state index in [1.807, 2.05) is 19.1 Å². The molecule has 30 heavy (non-hydrogen) atoms. The first-order chi connectivity index (χ1) is 14.4. The molecule has 0 bridgehead atoms. The molecule has 8 nitrogen and oxygen atoms in total. The second-order valence-electron chi connectivity index (χ2n) is 6.43. The van der Waals surface area contributed by atoms with Crippen LogP contribution in [-0.4, -0.2) is 34.1 Å². The quantitative estimate of drug-likeness (QED) is 0.440. The molecular formula is C20H21F2N7O. The number of nitrogens with zero attached hydrogens (tertiary/aromatic N) is 3. The number of carbonyl (C=O) groups is 1. The van der Waals surface area contributed by atoms with E-state index in [1.165, 1.54) is 6.07 Å². The molecule has 2 aromatic heterocycles. The van der Waals surface area contributed by atoms with E-state index in [2.05, 4.69) is 36.2 Å². The Kier molecular flexibility index (Phi) is 6.68. The first kappa shape index (κ1) is 20.9. The summed E-state index contributed by atoms with van der Waals surface area (Å²) in [4.78, 5) is 24.7. The van der Waals surface area contributed by atoms with Crippen LogP contribution in [0.3, 0.4) is 0 Å². The van der Waals surface area contributed by atoms with Crippen molar-refractivity contribution < 1.29 is 13.6 Å². The zero-order chi connectivity index (χ0) is 21.5. The molecule has 0 aliphatic carbocycles. The molecular weight excluding hydrogens is 392 g/mol. The lowest BCUT2D eigenvalue weighted by atomic mass is 10.3. The summed E-state index contributed by atoms with van der Waals surface area (Å²) in [7, 11) is 0. The van der Waals surface area contributed by atoms with Crippen molar-refractivity contribution in [2.75, 3.05) is 29.0 Å². The molecule has 4 N–H and O–H groups in total. The maximum Gasteiger partial charge on any atom is 0.319 e. The maximum absolute atomic E-state index is 13.6. The highest BCUT2D eigenvalue weighted by Gasteiger charge is 2.11. The topological polar surface area (TPSA) is 104 Å². The summed E-state index contributed by atoms with van der Waals surface area (Å²) < 4.78 is 27.1. The van der Waals surface area contributed by atoms with Crippen molar-refractivity contribution in [2.24, 2.45) is 0 Å². The fourth-order valence-electron chi connectivity index (χ4n) is 2.60. The number of nitrogens with one attached hydrogen (secondary N) is 4. The van der Waals surface area contributed by atoms with E-state index in [-0.39, 0.29) is 6.54 Å². The van der Waals surface area contributed by atoms with Gasteiger partial charge in [-0.15, -0.1) is 0 Å². The van der Waals surface area contributed by atoms with Gasteiger partial charge in [0.1, 0.15) is 40.6 Å². The number of urea groups is 1. The standard InChI is InChI=1S/C20H21F2N7O/c1-12-6-7-23-16(10-12)28-18-11-17(26-13(2)27-18)24-8-9-25-20(30)29-19-14(21)4-3-5-15(19)22/h3-7,10-11H,8-9H2,1-2H3,(H2,25,29,30)(H2,23,24,26,27,28). The van der Waals surface area contributed by atoms with Gasteiger partial charge < -0.3 is 21.3 Å². The number of rotatable bonds is 7. The third-order valence-corrected chi connectivity index (χ3v) is 3.93. The number of benzene rings is 1. The van der Waals surface area contributed by atoms with Crippen LogP contribution < -0.4 is 21.3 Å². The minimum Gasteiger partial charge on any atom is -0.368 e. The predicted octanol–water partition coefficient (Wildman–Crippen LogP) is 3.74. The Morgan fingerprint density at radius 2 is 1.70 bits per heavy atom. The first-order valence-electron chi connectivity index (χ1n) is 9.19. The van der Waals surface area contributed by atoms with Crippen LogP contribution in [0.1, 0.15) is 11.4 Å². The molecule has 0 saturated heterocycles. The largest absolute Gasteiger partial charge is 0.368 e. The van der Waals surface area contributed by atoms with Crippen LogP contribution in [0.2, 0.25) is 0 Å². The lowest BCUT2D eigenvalue weighted by Gasteiger charge is -2.11. The Hall–Kier alpha value is -3.82. The normalized spacial score (nSPS) is 10.4. The van der Waals surface area contributed by atoms with Gasteiger partial charge >= 0.3 is 6.03 Å². The molecule has 0 unspecified atom stereocenters. The number of amides is 2. The van der Waals surface area contributed by atoms with Crippen LogP contribution in [0, 0.1) is 25.5 Å². The molecule has 0 atom stereocenters. The van der Waals surface area contributed by atoms with Crippen molar-refractivity contribution in [3.63, 3.8) is 0 Å². The summed E-state index contributed by atoms with van der Waals surface area (Å²) in [5.41, 5.74) is 0.575. The molecule has 0 saturated carbocycles. The zero-order valence-electron chi connectivity index (χ0n) is 16.5. The summed E-state index contributed by atoms with van der Waals surface area (Å²) in [5.74, 6) is 0.656. The summed E-state index contributed by atoms with van der Waals surface area (Å²) in [6, 6.07) is 8.14. The number of hydrogen-bond donors (Lipinski definition) is 4. The van der Waals surface area contributed by atoms with E-state index in [0.717, 1.165) is 17.7 Å². The summed E-state index contributed by atoms with van der Waals surface area (Å²) in [5, 5.41) is 10.9. The molecule has 0 fully saturated rings. The third kappa shape index (κ3) is 5.84. The first-order valence-corrected chi connectivity index (χ1v) is 9.19. The van der Waals surface area contributed by atoms with Gasteiger partial charge in [0.15, 0.2) is 0 Å². The van der Waals surface area contributed by atoms with E-state index in [9.17, 15) is 13.6 Å². The van der Waals surface area contributed by atoms with Gasteiger partial charge in [-0.3, -0.25) is 0 Å². The molecule has 10 heteroatoms. The van der Waals surface area contributed by atoms with Gasteiger partial charge in [-0.05, 0) is 43.7 Å². The number of para-hydroxylation sites is 1. The van der Waals surface area contributed by atoms with Crippen LogP contribution in [0.5, 0.6) is 0 Å². The molecule has 1 aromatic carbocycles. The Morgan fingerprint density at radius 3 is 2.43 bits per heavy atom. The average molecular weight is 413 g/mol. The second kappa shape index (κ2) is 9.59. The van der Waals surface area contributed by atoms with Gasteiger partial charge in [0.05, 0.1) is 0 Å². The SMILES string of the molecule is Cc1ccnc(Nc2cc(NCCNC(=O)Nc3c(F)cccc3F)nc(C)n2)c1. The number of carbonyl (C=O) groups excluding carboxylic acids is 1. The van der Waals surface area contributed by atoms with Gasteiger partial charge in [0, 0.05) is 25.4 Å². The number of pyridine rings is 1. The van der Waals surface area contributed by atoms with E-state index >= 15 is 0 Å². The molecule has 3 aromatic rings. The summed E-state index contributed by atoms with van der Waals surface area (Å²) in [6.45, 7) is 4.27. The lowest BCUT2D eigenvalue weighted by molar-refractivity contribution is 0.252. The van der Waals surface area contributed by atoms with Gasteiger partial charge in [0.2, 0.25) is 0 Å². The molecule has 0 spiro atoms. The van der Waals surface area contributed by atoms with E-state index < -0.39 is 23.4 Å². The molecule has 3 rings (SSSR count). The molecule has 2 heterocycles. The van der Waals surface area contributed by atoms with Crippen LogP contribution in [0.25, 0.3) is 0 Å². The van der Waals surface area contributed by atoms with Crippen molar-refractivity contribution >= 4 is 29.2 Å². The van der Waals surface area contributed by atoms with E-state index in [1.54, 1.807) is 19.2 Å². The van der Waals surface area contributed by atoms with Crippen molar-refractivity contribution in [2.45, 2.75) is 13.8 Å². The number of halogens is 2. The highest BCUT2D eigenvalue weighted by molar-refractivity contribution is 5.89. The van der Waals surface area contributed by atoms with Crippen molar-refractivity contribution in [1.29, 1.82) is 0 Å². The Morgan fingerprint density at radius 1 is 0.967 bits per heavy atom. The number of anilines is 4. The van der Waals surface area contributed by atoms with Gasteiger partial charge in [0.25, 0.3) is 0 Å². The van der Waals surface area contributed by atoms with Gasteiger partial charge in [-0.2, -0.15) is 0 Å². The summed E-state index contributed by atoms with van der Waals surface area (Å²) in [6.07, 6.45) is 1.70. The fraction of sp³-hybridized carbons (Fsp3) is 0.200. The third-order valence-electron chi connectivity index (χ3n) is 3.93. The molecule has 0 radical (unpaired) electrons. The highest BCUT2D eigenvalue weighted by atomic mass is 19.1. The van der Waals surface area contributed by atoms with Crippen molar-refractivity contribution in [3.8, 4) is 0 Å². The maximum atomic E-state index is 13.6. The van der Waals surface area contributed by atoms with Crippen molar-refractivity contribution in [1.82, 2.24) is 20.3 Å². The van der Waals surface area contributed by atoms with Gasteiger partial charge in [-0.1, -0.05) is 6.07 Å². The monoisotopic (exact) mass is 413 g/mol. The number of aromatic nitrogens is 3. The van der Waals surface area contributed by atoms with Crippen LogP contribution in [0.4, 0.5) is 36.7 Å². The van der Waals surface area contributed by atoms with Crippen LogP contribution in [-0.2, 0) is 0 Å². The highest BCUT2D eigenvalue weighted by Crippen LogP contribution is 2.18. The summed E-state index contributed by atoms with van der Waals surface area (Å²) >= 11 is 0. The van der Waals surface area contributed by atoms with Crippen LogP contribution >= 0.6 is 0 Å². The van der Waals surface area contributed by atoms with Crippen LogP contribution in [0.15, 0.2) is 42.6 Å². The smallest absolute Gasteiger partial charge is 0.319 e. The van der Waals surface area contributed by atoms with E-state index in [4.69, 9.17) is 0 Å². The number of aryl methyl sites for hydroxylation is 2. The fourth-order valence-corrected chi connectivity index (χ4v) is 2.60. The minimum atomic E-state index is -0.845. The van der Waals surface area contributed by atoms with Crippen molar-refractivity contribution in [3.05, 3.63) is 65.6 Å². The minimum absolute atomic E-state index is 0.202. The molecule has 0 aliphatic heterocycles. The Bertz CT molecular complexity index is 1030. The lowest BCUT2D eigenvalue weighted by Crippen LogP contribution is -2.33. The van der Waals surface area contributed by atoms with Gasteiger partial charge in [-0.25, -0.2) is 28.5 Å². The second-order valence-corrected chi connectivity index (χ2v) is 6.43. The Labute approximate surface area is 172 Å². The zero-order valence-corrected chi connectivity index (χ0v) is 16.5. The molecule has 2 amide bonds. The predicted molar refractivity (Wildman–Crippen MR) is 111 cm³/mol. The molecule has 156 valence electrons. The Balaban J connectivity index is 1.51.